The Bertz CT molecular complexity index is 2610. The smallest absolute Gasteiger partial charge is 0.326 e. The highest BCUT2D eigenvalue weighted by Crippen LogP contribution is 2.17. The molecule has 1 atom stereocenters. The number of furan rings is 2. The zero-order valence-corrected chi connectivity index (χ0v) is 53.2. The topological polar surface area (TPSA) is 390 Å². The summed E-state index contributed by atoms with van der Waals surface area (Å²) < 4.78 is 22.2. The van der Waals surface area contributed by atoms with Crippen LogP contribution in [0, 0.1) is 0 Å². The Labute approximate surface area is 532 Å². The van der Waals surface area contributed by atoms with Gasteiger partial charge in [0.25, 0.3) is 0 Å². The first-order chi connectivity index (χ1) is 43.4. The van der Waals surface area contributed by atoms with Crippen molar-refractivity contribution in [2.75, 3.05) is 160 Å². The van der Waals surface area contributed by atoms with E-state index in [0.29, 0.717) is 76.8 Å². The molecule has 9 amide bonds. The third-order valence-electron chi connectivity index (χ3n) is 14.1. The van der Waals surface area contributed by atoms with Crippen LogP contribution in [-0.2, 0) is 63.8 Å². The monoisotopic (exact) mass is 1280 g/mol. The van der Waals surface area contributed by atoms with Crippen LogP contribution < -0.4 is 38.5 Å². The number of carbonyl (C=O) groups excluding carboxylic acids is 9. The lowest BCUT2D eigenvalue weighted by Crippen LogP contribution is -2.53. The fourth-order valence-corrected chi connectivity index (χ4v) is 9.19. The fourth-order valence-electron chi connectivity index (χ4n) is 8.94. The molecule has 3 aromatic rings. The molecule has 0 bridgehead atoms. The summed E-state index contributed by atoms with van der Waals surface area (Å²) in [4.78, 5) is 149. The first kappa shape index (κ1) is 76.6. The average Bonchev–Trinajstić information content (AvgIpc) is 4.45. The predicted molar refractivity (Wildman–Crippen MR) is 339 cm³/mol. The Morgan fingerprint density at radius 3 is 1.31 bits per heavy atom. The molecular weight excluding hydrogens is 1190 g/mol. The first-order valence-electron chi connectivity index (χ1n) is 30.6. The zero-order chi connectivity index (χ0) is 66.1. The Kier molecular flexibility index (Phi) is 38.1. The third kappa shape index (κ3) is 29.4. The molecule has 0 saturated heterocycles. The van der Waals surface area contributed by atoms with E-state index in [0.717, 1.165) is 20.3 Å². The molecule has 0 saturated carbocycles. The molecule has 1 aromatic carbocycles. The van der Waals surface area contributed by atoms with E-state index in [4.69, 9.17) is 41.2 Å². The highest BCUT2D eigenvalue weighted by atomic mass is 32.1. The van der Waals surface area contributed by atoms with Crippen LogP contribution in [0.5, 0.6) is 0 Å². The average molecular weight is 1290 g/mol. The molecular formula is C60H96N14O15S. The van der Waals surface area contributed by atoms with Crippen LogP contribution in [0.25, 0.3) is 0 Å². The largest absolute Gasteiger partial charge is 0.480 e. The van der Waals surface area contributed by atoms with Gasteiger partial charge in [-0.2, -0.15) is 12.6 Å². The van der Waals surface area contributed by atoms with E-state index in [1.54, 1.807) is 32.0 Å². The van der Waals surface area contributed by atoms with E-state index in [1.807, 2.05) is 30.3 Å². The van der Waals surface area contributed by atoms with E-state index in [9.17, 15) is 53.1 Å². The molecule has 0 spiro atoms. The highest BCUT2D eigenvalue weighted by Gasteiger charge is 2.32. The number of anilines is 2. The number of carbonyl (C=O) groups is 10. The van der Waals surface area contributed by atoms with Crippen LogP contribution >= 0.6 is 12.6 Å². The number of ether oxygens (including phenoxy) is 2. The van der Waals surface area contributed by atoms with Gasteiger partial charge in [0.15, 0.2) is 5.88 Å². The van der Waals surface area contributed by atoms with Crippen molar-refractivity contribution in [3.05, 3.63) is 72.7 Å². The number of aliphatic carboxylic acids is 1. The summed E-state index contributed by atoms with van der Waals surface area (Å²) in [7, 11) is 0. The summed E-state index contributed by atoms with van der Waals surface area (Å²) in [6.07, 6.45) is 6.58. The van der Waals surface area contributed by atoms with Crippen LogP contribution in [0.15, 0.2) is 76.0 Å². The van der Waals surface area contributed by atoms with E-state index in [1.165, 1.54) is 43.1 Å². The number of unbranched alkanes of at least 4 members (excludes halogenated alkanes) is 4. The minimum Gasteiger partial charge on any atom is -0.480 e. The van der Waals surface area contributed by atoms with Crippen LogP contribution in [0.3, 0.4) is 0 Å². The molecule has 2 heterocycles. The summed E-state index contributed by atoms with van der Waals surface area (Å²) in [5.74, 6) is -6.54. The number of hydrogen-bond acceptors (Lipinski definition) is 20. The van der Waals surface area contributed by atoms with Gasteiger partial charge in [-0.15, -0.1) is 0 Å². The van der Waals surface area contributed by atoms with Crippen molar-refractivity contribution >= 4 is 83.5 Å². The van der Waals surface area contributed by atoms with Crippen molar-refractivity contribution in [1.29, 1.82) is 0 Å². The number of carboxylic acid groups (broad SMARTS) is 1. The number of benzene rings is 1. The van der Waals surface area contributed by atoms with Crippen molar-refractivity contribution < 1.29 is 71.4 Å². The van der Waals surface area contributed by atoms with Crippen molar-refractivity contribution in [2.24, 2.45) is 22.9 Å². The Hall–Kier alpha value is -7.61. The van der Waals surface area contributed by atoms with Gasteiger partial charge in [0.05, 0.1) is 51.8 Å². The Balaban J connectivity index is 1.93. The molecule has 0 aliphatic rings. The second-order valence-electron chi connectivity index (χ2n) is 21.0. The lowest BCUT2D eigenvalue weighted by atomic mass is 10.1. The molecule has 1 unspecified atom stereocenters. The highest BCUT2D eigenvalue weighted by molar-refractivity contribution is 7.80. The second kappa shape index (κ2) is 44.8. The van der Waals surface area contributed by atoms with Gasteiger partial charge < -0.3 is 91.3 Å². The van der Waals surface area contributed by atoms with Gasteiger partial charge in [0.2, 0.25) is 59.0 Å². The summed E-state index contributed by atoms with van der Waals surface area (Å²) in [5, 5.41) is 14.9. The van der Waals surface area contributed by atoms with Crippen molar-refractivity contribution in [3.8, 4) is 0 Å². The van der Waals surface area contributed by atoms with Gasteiger partial charge in [0, 0.05) is 58.1 Å². The molecule has 29 nitrogen and oxygen atoms in total. The number of nitrogens with two attached hydrogens (primary N) is 4. The number of amides is 9. The van der Waals surface area contributed by atoms with Crippen LogP contribution in [-0.4, -0.2) is 255 Å². The molecule has 502 valence electrons. The second-order valence-corrected chi connectivity index (χ2v) is 21.4. The summed E-state index contributed by atoms with van der Waals surface area (Å²) in [6.45, 7) is -0.422. The van der Waals surface area contributed by atoms with Gasteiger partial charge in [0.1, 0.15) is 39.1 Å². The number of nitrogens with one attached hydrogen (secondary N) is 2. The fraction of sp³-hybridized carbons (Fsp3) is 0.600. The molecule has 2 aromatic heterocycles. The van der Waals surface area contributed by atoms with Crippen molar-refractivity contribution in [2.45, 2.75) is 84.1 Å². The Morgan fingerprint density at radius 1 is 0.500 bits per heavy atom. The van der Waals surface area contributed by atoms with E-state index in [-0.39, 0.29) is 97.1 Å². The molecule has 0 aliphatic heterocycles. The maximum absolute atomic E-state index is 14.7. The summed E-state index contributed by atoms with van der Waals surface area (Å²) in [5.41, 5.74) is 24.1. The first-order valence-corrected chi connectivity index (χ1v) is 31.2. The molecule has 90 heavy (non-hydrogen) atoms. The molecule has 11 N–H and O–H groups in total. The lowest BCUT2D eigenvalue weighted by molar-refractivity contribution is -0.152. The van der Waals surface area contributed by atoms with E-state index >= 15 is 0 Å². The zero-order valence-electron chi connectivity index (χ0n) is 52.3. The SMILES string of the molecule is CCOCN(CC(=O)N(CCCCN)CC(=O)NC(CCS)C(=O)O)C(=O)CN(CCCCN)C(=O)CN(CCCCN)C(=O)CN(COCC)C(=O)CN(CCc1ccccc1)C(=O)CN(CCCCN)C(=O)CN(C(=O)CNc1ccco1)c1ccco1. The van der Waals surface area contributed by atoms with E-state index < -0.39 is 118 Å². The van der Waals surface area contributed by atoms with Crippen LogP contribution in [0.1, 0.15) is 77.2 Å². The number of nitrogens with zero attached hydrogens (tertiary/aromatic N) is 8. The normalized spacial score (nSPS) is 11.3. The third-order valence-corrected chi connectivity index (χ3v) is 14.3. The van der Waals surface area contributed by atoms with Gasteiger partial charge in [-0.3, -0.25) is 48.1 Å². The van der Waals surface area contributed by atoms with Crippen molar-refractivity contribution in [1.82, 2.24) is 39.6 Å². The predicted octanol–water partition coefficient (Wildman–Crippen LogP) is 0.193. The van der Waals surface area contributed by atoms with Gasteiger partial charge in [-0.25, -0.2) is 4.79 Å². The van der Waals surface area contributed by atoms with Gasteiger partial charge >= 0.3 is 5.97 Å². The standard InChI is InChI=1S/C60H96N14O15S/c1-3-86-45-72(42-54(79)67(28-12-8-24-61)37-49(75)66-48(23-35-90)60(84)85)56(81)40-69(30-14-10-26-63)52(77)38-68(29-13-9-25-62)55(80)43-73(46-87-4-2)57(82)41-71(32-22-47-18-6-5-7-19-47)53(78)39-70(31-15-11-27-64)58(83)44-74(59-21-17-34-89-59)51(76)36-65-50-20-16-33-88-50/h5-7,16-21,33-34,48,65,90H,3-4,8-15,22-32,35-46,61-64H2,1-2H3,(H,66,75)(H,84,85). The molecule has 0 aliphatic carbocycles. The number of thiol groups is 1. The van der Waals surface area contributed by atoms with Gasteiger partial charge in [-0.1, -0.05) is 30.3 Å². The maximum Gasteiger partial charge on any atom is 0.326 e. The van der Waals surface area contributed by atoms with E-state index in [2.05, 4.69) is 23.3 Å². The lowest BCUT2D eigenvalue weighted by Gasteiger charge is -2.32. The Morgan fingerprint density at radius 2 is 0.911 bits per heavy atom. The molecule has 30 heteroatoms. The molecule has 0 radical (unpaired) electrons. The van der Waals surface area contributed by atoms with Crippen LogP contribution in [0.2, 0.25) is 0 Å². The maximum atomic E-state index is 14.7. The minimum absolute atomic E-state index is 0.00997. The van der Waals surface area contributed by atoms with Crippen molar-refractivity contribution in [3.63, 3.8) is 0 Å². The molecule has 3 rings (SSSR count). The van der Waals surface area contributed by atoms with Gasteiger partial charge in [-0.05, 0) is 128 Å². The number of carboxylic acids is 1. The number of hydrogen-bond donors (Lipinski definition) is 8. The number of rotatable bonds is 49. The minimum atomic E-state index is -1.27. The summed E-state index contributed by atoms with van der Waals surface area (Å²) >= 11 is 4.08. The van der Waals surface area contributed by atoms with Crippen LogP contribution in [0.4, 0.5) is 11.8 Å². The molecule has 0 fully saturated rings. The quantitative estimate of drug-likeness (QED) is 0.0212. The summed E-state index contributed by atoms with van der Waals surface area (Å²) in [6, 6.07) is 14.3.